The van der Waals surface area contributed by atoms with Crippen LogP contribution in [-0.2, 0) is 4.79 Å². The number of anilines is 3. The number of hydrogen-bond donors (Lipinski definition) is 3. The van der Waals surface area contributed by atoms with Crippen LogP contribution in [0.2, 0.25) is 5.02 Å². The third-order valence-electron chi connectivity index (χ3n) is 4.67. The topological polar surface area (TPSA) is 88.7 Å². The van der Waals surface area contributed by atoms with Crippen molar-refractivity contribution in [3.63, 3.8) is 0 Å². The molecule has 7 nitrogen and oxygen atoms in total. The van der Waals surface area contributed by atoms with Crippen LogP contribution in [0.1, 0.15) is 11.1 Å². The Morgan fingerprint density at radius 2 is 1.61 bits per heavy atom. The predicted molar refractivity (Wildman–Crippen MR) is 132 cm³/mol. The van der Waals surface area contributed by atoms with Crippen molar-refractivity contribution in [1.82, 2.24) is 0 Å². The average molecular weight is 466 g/mol. The van der Waals surface area contributed by atoms with E-state index in [2.05, 4.69) is 16.0 Å². The number of halogens is 1. The van der Waals surface area contributed by atoms with Gasteiger partial charge in [0.2, 0.25) is 5.91 Å². The molecule has 0 spiro atoms. The first-order valence-electron chi connectivity index (χ1n) is 10.0. The summed E-state index contributed by atoms with van der Waals surface area (Å²) in [6, 6.07) is 17.4. The Morgan fingerprint density at radius 3 is 2.30 bits per heavy atom. The van der Waals surface area contributed by atoms with Gasteiger partial charge in [0, 0.05) is 23.1 Å². The summed E-state index contributed by atoms with van der Waals surface area (Å²) in [4.78, 5) is 24.7. The summed E-state index contributed by atoms with van der Waals surface area (Å²) >= 11 is 6.21. The molecule has 0 aromatic heterocycles. The van der Waals surface area contributed by atoms with E-state index < -0.39 is 0 Å². The lowest BCUT2D eigenvalue weighted by Crippen LogP contribution is -2.19. The molecule has 3 amide bonds. The van der Waals surface area contributed by atoms with Crippen molar-refractivity contribution in [2.24, 2.45) is 0 Å². The molecule has 8 heteroatoms. The second-order valence-electron chi connectivity index (χ2n) is 7.04. The molecule has 3 aromatic rings. The number of nitrogens with one attached hydrogen (secondary N) is 3. The number of rotatable bonds is 7. The number of methoxy groups -OCH3 is 2. The Kier molecular flexibility index (Phi) is 7.94. The maximum Gasteiger partial charge on any atom is 0.323 e. The molecule has 0 saturated heterocycles. The monoisotopic (exact) mass is 465 g/mol. The van der Waals surface area contributed by atoms with Crippen LogP contribution in [0.4, 0.5) is 21.9 Å². The van der Waals surface area contributed by atoms with Crippen molar-refractivity contribution < 1.29 is 19.1 Å². The van der Waals surface area contributed by atoms with E-state index in [4.69, 9.17) is 21.1 Å². The fourth-order valence-electron chi connectivity index (χ4n) is 3.03. The van der Waals surface area contributed by atoms with Gasteiger partial charge in [-0.15, -0.1) is 0 Å². The van der Waals surface area contributed by atoms with Gasteiger partial charge >= 0.3 is 6.03 Å². The zero-order chi connectivity index (χ0) is 23.8. The van der Waals surface area contributed by atoms with Gasteiger partial charge in [-0.25, -0.2) is 4.79 Å². The third-order valence-corrected chi connectivity index (χ3v) is 4.95. The number of para-hydroxylation sites is 1. The summed E-state index contributed by atoms with van der Waals surface area (Å²) in [5, 5.41) is 8.70. The molecule has 0 aliphatic carbocycles. The second-order valence-corrected chi connectivity index (χ2v) is 7.44. The normalized spacial score (nSPS) is 10.5. The van der Waals surface area contributed by atoms with E-state index in [-0.39, 0.29) is 11.9 Å². The minimum atomic E-state index is -0.382. The number of ether oxygens (including phenoxy) is 2. The van der Waals surface area contributed by atoms with E-state index in [1.807, 2.05) is 31.2 Å². The van der Waals surface area contributed by atoms with Gasteiger partial charge in [0.05, 0.1) is 19.2 Å². The minimum Gasteiger partial charge on any atom is -0.493 e. The number of urea groups is 1. The molecule has 0 bridgehead atoms. The molecule has 33 heavy (non-hydrogen) atoms. The largest absolute Gasteiger partial charge is 0.493 e. The lowest BCUT2D eigenvalue weighted by atomic mass is 10.1. The Hall–Kier alpha value is -3.97. The summed E-state index contributed by atoms with van der Waals surface area (Å²) in [5.74, 6) is 0.556. The highest BCUT2D eigenvalue weighted by Crippen LogP contribution is 2.36. The SMILES string of the molecule is COc1cc(C=CC(=O)Nc2cc(NC(=O)Nc3ccccc3)ccc2C)cc(Cl)c1OC. The molecule has 0 saturated carbocycles. The fraction of sp³-hybridized carbons (Fsp3) is 0.120. The molecule has 0 atom stereocenters. The maximum absolute atomic E-state index is 12.5. The first-order valence-corrected chi connectivity index (χ1v) is 10.4. The van der Waals surface area contributed by atoms with Crippen molar-refractivity contribution in [1.29, 1.82) is 0 Å². The van der Waals surface area contributed by atoms with Gasteiger partial charge in [-0.2, -0.15) is 0 Å². The predicted octanol–water partition coefficient (Wildman–Crippen LogP) is 5.96. The molecular formula is C25H24ClN3O4. The van der Waals surface area contributed by atoms with Gasteiger partial charge < -0.3 is 25.4 Å². The zero-order valence-electron chi connectivity index (χ0n) is 18.4. The average Bonchev–Trinajstić information content (AvgIpc) is 2.80. The van der Waals surface area contributed by atoms with Crippen LogP contribution >= 0.6 is 11.6 Å². The molecule has 3 rings (SSSR count). The smallest absolute Gasteiger partial charge is 0.323 e. The van der Waals surface area contributed by atoms with E-state index in [9.17, 15) is 9.59 Å². The van der Waals surface area contributed by atoms with Crippen molar-refractivity contribution in [3.05, 3.63) is 82.9 Å². The Labute approximate surface area is 197 Å². The first-order chi connectivity index (χ1) is 15.9. The summed E-state index contributed by atoms with van der Waals surface area (Å²) in [7, 11) is 3.02. The van der Waals surface area contributed by atoms with Crippen molar-refractivity contribution in [2.75, 3.05) is 30.2 Å². The van der Waals surface area contributed by atoms with Crippen LogP contribution in [0, 0.1) is 6.92 Å². The highest BCUT2D eigenvalue weighted by atomic mass is 35.5. The molecule has 0 heterocycles. The molecule has 170 valence electrons. The highest BCUT2D eigenvalue weighted by Gasteiger charge is 2.10. The first kappa shape index (κ1) is 23.7. The molecule has 0 unspecified atom stereocenters. The van der Waals surface area contributed by atoms with Crippen LogP contribution in [-0.4, -0.2) is 26.2 Å². The van der Waals surface area contributed by atoms with Gasteiger partial charge in [-0.3, -0.25) is 4.79 Å². The second kappa shape index (κ2) is 11.1. The number of carbonyl (C=O) groups excluding carboxylic acids is 2. The van der Waals surface area contributed by atoms with Crippen LogP contribution in [0.3, 0.4) is 0 Å². The minimum absolute atomic E-state index is 0.338. The summed E-state index contributed by atoms with van der Waals surface area (Å²) in [6.45, 7) is 1.86. The highest BCUT2D eigenvalue weighted by molar-refractivity contribution is 6.32. The van der Waals surface area contributed by atoms with Crippen LogP contribution < -0.4 is 25.4 Å². The van der Waals surface area contributed by atoms with Gasteiger partial charge in [0.1, 0.15) is 0 Å². The van der Waals surface area contributed by atoms with E-state index in [1.54, 1.807) is 42.5 Å². The van der Waals surface area contributed by atoms with Crippen LogP contribution in [0.5, 0.6) is 11.5 Å². The quantitative estimate of drug-likeness (QED) is 0.375. The van der Waals surface area contributed by atoms with Gasteiger partial charge in [0.15, 0.2) is 11.5 Å². The summed E-state index contributed by atoms with van der Waals surface area (Å²) in [6.07, 6.45) is 3.01. The van der Waals surface area contributed by atoms with Gasteiger partial charge in [-0.1, -0.05) is 35.9 Å². The third kappa shape index (κ3) is 6.51. The summed E-state index contributed by atoms with van der Waals surface area (Å²) < 4.78 is 10.5. The molecular weight excluding hydrogens is 442 g/mol. The molecule has 0 aliphatic heterocycles. The number of aryl methyl sites for hydroxylation is 1. The van der Waals surface area contributed by atoms with Gasteiger partial charge in [0.25, 0.3) is 0 Å². The Bertz CT molecular complexity index is 1180. The van der Waals surface area contributed by atoms with E-state index in [1.165, 1.54) is 20.3 Å². The lowest BCUT2D eigenvalue weighted by molar-refractivity contribution is -0.111. The number of hydrogen-bond acceptors (Lipinski definition) is 4. The fourth-order valence-corrected chi connectivity index (χ4v) is 3.33. The number of carbonyl (C=O) groups is 2. The van der Waals surface area contributed by atoms with Crippen LogP contribution in [0.15, 0.2) is 66.7 Å². The van der Waals surface area contributed by atoms with Crippen LogP contribution in [0.25, 0.3) is 6.08 Å². The van der Waals surface area contributed by atoms with Crippen molar-refractivity contribution >= 4 is 46.7 Å². The Morgan fingerprint density at radius 1 is 0.879 bits per heavy atom. The van der Waals surface area contributed by atoms with E-state index >= 15 is 0 Å². The number of amides is 3. The van der Waals surface area contributed by atoms with Crippen molar-refractivity contribution in [2.45, 2.75) is 6.92 Å². The zero-order valence-corrected chi connectivity index (χ0v) is 19.2. The molecule has 0 fully saturated rings. The summed E-state index contributed by atoms with van der Waals surface area (Å²) in [5.41, 5.74) is 3.32. The Balaban J connectivity index is 1.67. The maximum atomic E-state index is 12.5. The molecule has 0 aliphatic rings. The molecule has 3 N–H and O–H groups in total. The van der Waals surface area contributed by atoms with E-state index in [0.29, 0.717) is 39.1 Å². The number of benzene rings is 3. The van der Waals surface area contributed by atoms with Crippen molar-refractivity contribution in [3.8, 4) is 11.5 Å². The molecule has 0 radical (unpaired) electrons. The lowest BCUT2D eigenvalue weighted by Gasteiger charge is -2.12. The molecule has 3 aromatic carbocycles. The standard InChI is InChI=1S/C25H24ClN3O4/c1-16-9-11-19(28-25(31)27-18-7-5-4-6-8-18)15-21(16)29-23(30)12-10-17-13-20(26)24(33-3)22(14-17)32-2/h4-15H,1-3H3,(H,29,30)(H2,27,28,31). The van der Waals surface area contributed by atoms with Gasteiger partial charge in [-0.05, 0) is 60.5 Å². The van der Waals surface area contributed by atoms with E-state index in [0.717, 1.165) is 5.56 Å².